The summed E-state index contributed by atoms with van der Waals surface area (Å²) in [4.78, 5) is 26.5. The second-order valence-electron chi connectivity index (χ2n) is 6.78. The van der Waals surface area contributed by atoms with Gasteiger partial charge in [0.15, 0.2) is 5.13 Å². The van der Waals surface area contributed by atoms with Crippen molar-refractivity contribution in [3.63, 3.8) is 0 Å². The fourth-order valence-corrected chi connectivity index (χ4v) is 4.61. The van der Waals surface area contributed by atoms with E-state index in [1.165, 1.54) is 16.4 Å². The van der Waals surface area contributed by atoms with Gasteiger partial charge in [0.1, 0.15) is 11.5 Å². The third-order valence-electron chi connectivity index (χ3n) is 4.84. The third-order valence-corrected chi connectivity index (χ3v) is 6.29. The number of carbonyl (C=O) groups is 1. The first-order valence-electron chi connectivity index (χ1n) is 9.41. The van der Waals surface area contributed by atoms with Gasteiger partial charge in [0, 0.05) is 56.2 Å². The molecule has 4 heterocycles. The lowest BCUT2D eigenvalue weighted by molar-refractivity contribution is 0.0958. The quantitative estimate of drug-likeness (QED) is 0.623. The maximum Gasteiger partial charge on any atom is 0.269 e. The van der Waals surface area contributed by atoms with Crippen molar-refractivity contribution in [2.45, 2.75) is 13.5 Å². The predicted molar refractivity (Wildman–Crippen MR) is 117 cm³/mol. The lowest BCUT2D eigenvalue weighted by atomic mass is 10.2. The number of nitrogens with one attached hydrogen (secondary N) is 2. The van der Waals surface area contributed by atoms with Crippen LogP contribution in [0.3, 0.4) is 0 Å². The van der Waals surface area contributed by atoms with Gasteiger partial charge in [-0.3, -0.25) is 9.69 Å². The molecular weight excluding hydrogens is 406 g/mol. The van der Waals surface area contributed by atoms with E-state index in [1.807, 2.05) is 18.4 Å². The van der Waals surface area contributed by atoms with E-state index in [9.17, 15) is 4.79 Å². The largest absolute Gasteiger partial charge is 0.368 e. The summed E-state index contributed by atoms with van der Waals surface area (Å²) < 4.78 is 4.48. The highest BCUT2D eigenvalue weighted by atomic mass is 32.1. The number of hydrogen-bond donors (Lipinski definition) is 2. The molecule has 1 aliphatic rings. The number of nitrogens with zero attached hydrogens (tertiary/aromatic N) is 5. The minimum absolute atomic E-state index is 0.155. The van der Waals surface area contributed by atoms with Crippen LogP contribution in [0.15, 0.2) is 29.8 Å². The molecule has 0 unspecified atom stereocenters. The number of rotatable bonds is 6. The number of piperazine rings is 1. The van der Waals surface area contributed by atoms with Gasteiger partial charge in [0.2, 0.25) is 0 Å². The Morgan fingerprint density at radius 1 is 1.24 bits per heavy atom. The molecule has 0 saturated carbocycles. The third kappa shape index (κ3) is 4.72. The monoisotopic (exact) mass is 429 g/mol. The molecule has 0 aliphatic carbocycles. The summed E-state index contributed by atoms with van der Waals surface area (Å²) >= 11 is 3.10. The van der Waals surface area contributed by atoms with Crippen molar-refractivity contribution in [1.82, 2.24) is 24.6 Å². The molecule has 152 valence electrons. The van der Waals surface area contributed by atoms with E-state index in [0.29, 0.717) is 5.69 Å². The molecule has 0 aromatic carbocycles. The minimum atomic E-state index is -0.155. The van der Waals surface area contributed by atoms with Gasteiger partial charge in [-0.1, -0.05) is 0 Å². The first-order valence-corrected chi connectivity index (χ1v) is 11.1. The Morgan fingerprint density at radius 3 is 2.76 bits per heavy atom. The molecule has 1 amide bonds. The van der Waals surface area contributed by atoms with Crippen molar-refractivity contribution in [2.24, 2.45) is 0 Å². The summed E-state index contributed by atoms with van der Waals surface area (Å²) in [5.41, 5.74) is 2.45. The summed E-state index contributed by atoms with van der Waals surface area (Å²) in [5, 5.41) is 8.66. The Balaban J connectivity index is 1.32. The van der Waals surface area contributed by atoms with Crippen molar-refractivity contribution in [3.8, 4) is 0 Å². The summed E-state index contributed by atoms with van der Waals surface area (Å²) in [7, 11) is 1.62. The summed E-state index contributed by atoms with van der Waals surface area (Å²) in [6, 6.07) is 5.90. The van der Waals surface area contributed by atoms with Crippen LogP contribution in [0.25, 0.3) is 0 Å². The number of amides is 1. The normalized spacial score (nSPS) is 14.8. The molecule has 0 bridgehead atoms. The Hall–Kier alpha value is -2.56. The molecule has 4 rings (SSSR count). The van der Waals surface area contributed by atoms with E-state index < -0.39 is 0 Å². The van der Waals surface area contributed by atoms with Crippen molar-refractivity contribution < 1.29 is 4.79 Å². The van der Waals surface area contributed by atoms with Crippen molar-refractivity contribution in [3.05, 3.63) is 46.0 Å². The van der Waals surface area contributed by atoms with Crippen LogP contribution in [-0.4, -0.2) is 58.4 Å². The van der Waals surface area contributed by atoms with E-state index in [4.69, 9.17) is 0 Å². The topological polar surface area (TPSA) is 86.3 Å². The van der Waals surface area contributed by atoms with Crippen LogP contribution in [0.1, 0.15) is 21.1 Å². The summed E-state index contributed by atoms with van der Waals surface area (Å²) in [5.74, 6) is 0.703. The number of anilines is 3. The molecular formula is C19H23N7OS2. The Labute approximate surface area is 177 Å². The molecule has 0 radical (unpaired) electrons. The minimum Gasteiger partial charge on any atom is -0.368 e. The van der Waals surface area contributed by atoms with E-state index in [0.717, 1.165) is 55.1 Å². The van der Waals surface area contributed by atoms with Gasteiger partial charge < -0.3 is 15.5 Å². The maximum absolute atomic E-state index is 11.8. The first kappa shape index (κ1) is 19.7. The molecule has 1 aliphatic heterocycles. The molecule has 1 saturated heterocycles. The predicted octanol–water partition coefficient (Wildman–Crippen LogP) is 2.73. The molecule has 29 heavy (non-hydrogen) atoms. The Kier molecular flexibility index (Phi) is 6.02. The van der Waals surface area contributed by atoms with E-state index in [1.54, 1.807) is 30.6 Å². The Bertz CT molecular complexity index is 965. The van der Waals surface area contributed by atoms with Crippen molar-refractivity contribution in [2.75, 3.05) is 43.4 Å². The molecule has 8 nitrogen and oxygen atoms in total. The zero-order valence-corrected chi connectivity index (χ0v) is 18.0. The fourth-order valence-electron chi connectivity index (χ4n) is 3.35. The summed E-state index contributed by atoms with van der Waals surface area (Å²) in [6.07, 6.45) is 1.78. The zero-order valence-electron chi connectivity index (χ0n) is 16.4. The molecule has 3 aromatic rings. The van der Waals surface area contributed by atoms with Gasteiger partial charge in [0.05, 0.1) is 11.4 Å². The molecule has 3 aromatic heterocycles. The number of aryl methyl sites for hydroxylation is 1. The number of thiazole rings is 1. The molecule has 0 spiro atoms. The van der Waals surface area contributed by atoms with Crippen LogP contribution in [-0.2, 0) is 6.54 Å². The van der Waals surface area contributed by atoms with Crippen LogP contribution in [0, 0.1) is 6.92 Å². The van der Waals surface area contributed by atoms with E-state index in [2.05, 4.69) is 40.8 Å². The maximum atomic E-state index is 11.8. The van der Waals surface area contributed by atoms with E-state index in [-0.39, 0.29) is 5.91 Å². The smallest absolute Gasteiger partial charge is 0.269 e. The highest BCUT2D eigenvalue weighted by Crippen LogP contribution is 2.24. The summed E-state index contributed by atoms with van der Waals surface area (Å²) in [6.45, 7) is 6.68. The molecule has 1 fully saturated rings. The van der Waals surface area contributed by atoms with Crippen LogP contribution in [0.4, 0.5) is 16.6 Å². The van der Waals surface area contributed by atoms with Crippen LogP contribution >= 0.6 is 22.9 Å². The Morgan fingerprint density at radius 2 is 2.07 bits per heavy atom. The van der Waals surface area contributed by atoms with E-state index >= 15 is 0 Å². The first-order chi connectivity index (χ1) is 14.1. The number of pyridine rings is 1. The average Bonchev–Trinajstić information content (AvgIpc) is 3.40. The van der Waals surface area contributed by atoms with Crippen LogP contribution in [0.2, 0.25) is 0 Å². The van der Waals surface area contributed by atoms with Gasteiger partial charge in [-0.15, -0.1) is 11.3 Å². The van der Waals surface area contributed by atoms with Gasteiger partial charge in [-0.05, 0) is 36.7 Å². The van der Waals surface area contributed by atoms with Gasteiger partial charge in [-0.2, -0.15) is 4.37 Å². The number of aromatic nitrogens is 3. The van der Waals surface area contributed by atoms with Gasteiger partial charge in [0.25, 0.3) is 5.91 Å². The second kappa shape index (κ2) is 8.85. The van der Waals surface area contributed by atoms with Crippen LogP contribution in [0.5, 0.6) is 0 Å². The second-order valence-corrected chi connectivity index (χ2v) is 8.57. The lowest BCUT2D eigenvalue weighted by Gasteiger charge is -2.36. The zero-order chi connectivity index (χ0) is 20.2. The van der Waals surface area contributed by atoms with Gasteiger partial charge >= 0.3 is 0 Å². The molecule has 0 atom stereocenters. The van der Waals surface area contributed by atoms with Crippen molar-refractivity contribution >= 4 is 45.4 Å². The lowest BCUT2D eigenvalue weighted by Crippen LogP contribution is -2.46. The number of carbonyl (C=O) groups excluding carboxylic acids is 1. The SMILES string of the molecule is CNC(=O)c1ccc(N2CCN(Cc3cc(Nc4nccs4)ns3)CC2)c(C)n1. The number of hydrogen-bond acceptors (Lipinski definition) is 9. The van der Waals surface area contributed by atoms with Crippen LogP contribution < -0.4 is 15.5 Å². The highest BCUT2D eigenvalue weighted by Gasteiger charge is 2.20. The molecule has 10 heteroatoms. The standard InChI is InChI=1S/C19H23N7OS2/c1-13-16(4-3-15(22-13)18(27)20-2)26-8-6-25(7-9-26)12-14-11-17(24-29-14)23-19-21-5-10-28-19/h3-5,10-11H,6-9,12H2,1-2H3,(H,20,27)(H,21,23,24). The average molecular weight is 430 g/mol. The molecule has 2 N–H and O–H groups in total. The van der Waals surface area contributed by atoms with Crippen molar-refractivity contribution in [1.29, 1.82) is 0 Å². The highest BCUT2D eigenvalue weighted by molar-refractivity contribution is 7.13. The fraction of sp³-hybridized carbons (Fsp3) is 0.368. The van der Waals surface area contributed by atoms with Gasteiger partial charge in [-0.25, -0.2) is 9.97 Å².